The van der Waals surface area contributed by atoms with Crippen molar-refractivity contribution in [1.29, 1.82) is 0 Å². The second kappa shape index (κ2) is 5.90. The number of nitrogens with one attached hydrogen (secondary N) is 2. The Labute approximate surface area is 114 Å². The first-order valence-corrected chi connectivity index (χ1v) is 7.28. The van der Waals surface area contributed by atoms with E-state index in [2.05, 4.69) is 17.6 Å². The zero-order valence-electron chi connectivity index (χ0n) is 11.6. The summed E-state index contributed by atoms with van der Waals surface area (Å²) in [6.07, 6.45) is 5.19. The number of piperidine rings is 1. The summed E-state index contributed by atoms with van der Waals surface area (Å²) in [5.41, 5.74) is -0.726. The maximum atomic E-state index is 12.1. The fraction of sp³-hybridized carbons (Fsp3) is 0.857. The predicted octanol–water partition coefficient (Wildman–Crippen LogP) is 1.14. The van der Waals surface area contributed by atoms with Crippen LogP contribution in [-0.2, 0) is 9.59 Å². The number of hydrogen-bond donors (Lipinski definition) is 3. The number of carbonyl (C=O) groups is 2. The van der Waals surface area contributed by atoms with Gasteiger partial charge in [-0.05, 0) is 38.1 Å². The Kier molecular flexibility index (Phi) is 4.45. The molecule has 5 nitrogen and oxygen atoms in total. The minimum absolute atomic E-state index is 0.0425. The fourth-order valence-electron chi connectivity index (χ4n) is 3.20. The van der Waals surface area contributed by atoms with Crippen LogP contribution in [0.3, 0.4) is 0 Å². The summed E-state index contributed by atoms with van der Waals surface area (Å²) in [5, 5.41) is 15.4. The predicted molar refractivity (Wildman–Crippen MR) is 71.7 cm³/mol. The second-order valence-electron chi connectivity index (χ2n) is 6.15. The molecule has 1 saturated carbocycles. The molecule has 0 bridgehead atoms. The average Bonchev–Trinajstić information content (AvgIpc) is 2.86. The Bertz CT molecular complexity index is 351. The molecule has 2 atom stereocenters. The molecule has 19 heavy (non-hydrogen) atoms. The van der Waals surface area contributed by atoms with E-state index in [-0.39, 0.29) is 18.5 Å². The highest BCUT2D eigenvalue weighted by Gasteiger charge is 2.41. The molecule has 2 rings (SSSR count). The minimum atomic E-state index is -0.768. The van der Waals surface area contributed by atoms with Gasteiger partial charge in [-0.25, -0.2) is 0 Å². The summed E-state index contributed by atoms with van der Waals surface area (Å²) in [6, 6.07) is -0.156. The molecule has 1 aliphatic heterocycles. The Morgan fingerprint density at radius 3 is 2.63 bits per heavy atom. The first kappa shape index (κ1) is 14.3. The van der Waals surface area contributed by atoms with Crippen molar-refractivity contribution in [1.82, 2.24) is 10.6 Å². The maximum absolute atomic E-state index is 12.1. The molecule has 1 heterocycles. The third-order valence-corrected chi connectivity index (χ3v) is 4.60. The van der Waals surface area contributed by atoms with Gasteiger partial charge in [0.1, 0.15) is 0 Å². The van der Waals surface area contributed by atoms with Gasteiger partial charge in [0.15, 0.2) is 0 Å². The number of carboxylic acids is 1. The van der Waals surface area contributed by atoms with E-state index in [1.807, 2.05) is 0 Å². The number of rotatable bonds is 4. The minimum Gasteiger partial charge on any atom is -0.481 e. The number of carboxylic acid groups (broad SMARTS) is 1. The first-order chi connectivity index (χ1) is 9.03. The van der Waals surface area contributed by atoms with Gasteiger partial charge in [-0.3, -0.25) is 9.59 Å². The van der Waals surface area contributed by atoms with E-state index in [0.717, 1.165) is 32.2 Å². The second-order valence-corrected chi connectivity index (χ2v) is 6.15. The van der Waals surface area contributed by atoms with Crippen LogP contribution in [0, 0.1) is 11.3 Å². The van der Waals surface area contributed by atoms with Crippen molar-refractivity contribution in [2.45, 2.75) is 51.5 Å². The third-order valence-electron chi connectivity index (χ3n) is 4.60. The molecule has 0 aromatic rings. The Morgan fingerprint density at radius 2 is 2.05 bits per heavy atom. The highest BCUT2D eigenvalue weighted by Crippen LogP contribution is 2.37. The molecule has 0 spiro atoms. The van der Waals surface area contributed by atoms with Gasteiger partial charge in [0.25, 0.3) is 0 Å². The molecule has 0 aromatic carbocycles. The smallest absolute Gasteiger partial charge is 0.311 e. The molecule has 1 aliphatic carbocycles. The van der Waals surface area contributed by atoms with Gasteiger partial charge < -0.3 is 15.7 Å². The number of carbonyl (C=O) groups excluding carboxylic acids is 1. The van der Waals surface area contributed by atoms with E-state index < -0.39 is 11.4 Å². The lowest BCUT2D eigenvalue weighted by atomic mass is 9.86. The van der Waals surface area contributed by atoms with Gasteiger partial charge in [-0.2, -0.15) is 0 Å². The van der Waals surface area contributed by atoms with Crippen LogP contribution in [0.2, 0.25) is 0 Å². The van der Waals surface area contributed by atoms with Crippen LogP contribution in [0.25, 0.3) is 0 Å². The molecule has 0 aromatic heterocycles. The van der Waals surface area contributed by atoms with Gasteiger partial charge in [-0.15, -0.1) is 0 Å². The molecule has 2 aliphatic rings. The van der Waals surface area contributed by atoms with E-state index in [0.29, 0.717) is 18.8 Å². The van der Waals surface area contributed by atoms with Crippen LogP contribution in [-0.4, -0.2) is 36.1 Å². The van der Waals surface area contributed by atoms with Crippen LogP contribution in [0.1, 0.15) is 45.4 Å². The van der Waals surface area contributed by atoms with Crippen molar-refractivity contribution >= 4 is 11.9 Å². The number of hydrogen-bond acceptors (Lipinski definition) is 3. The van der Waals surface area contributed by atoms with Crippen molar-refractivity contribution in [3.05, 3.63) is 0 Å². The summed E-state index contributed by atoms with van der Waals surface area (Å²) >= 11 is 0. The first-order valence-electron chi connectivity index (χ1n) is 7.28. The monoisotopic (exact) mass is 268 g/mol. The summed E-state index contributed by atoms with van der Waals surface area (Å²) in [5.74, 6) is -0.258. The molecule has 1 amide bonds. The van der Waals surface area contributed by atoms with Gasteiger partial charge in [0, 0.05) is 6.54 Å². The standard InChI is InChI=1S/C14H24N2O3/c1-10-4-7-15-11(8-10)12(17)16-9-14(13(18)19)5-2-3-6-14/h10-11,15H,2-9H2,1H3,(H,16,17)(H,18,19). The quantitative estimate of drug-likeness (QED) is 0.714. The molecular formula is C14H24N2O3. The van der Waals surface area contributed by atoms with E-state index in [9.17, 15) is 14.7 Å². The molecular weight excluding hydrogens is 244 g/mol. The summed E-state index contributed by atoms with van der Waals surface area (Å²) in [4.78, 5) is 23.5. The van der Waals surface area contributed by atoms with Crippen LogP contribution < -0.4 is 10.6 Å². The van der Waals surface area contributed by atoms with E-state index in [4.69, 9.17) is 0 Å². The lowest BCUT2D eigenvalue weighted by Gasteiger charge is -2.29. The van der Waals surface area contributed by atoms with E-state index in [1.54, 1.807) is 0 Å². The van der Waals surface area contributed by atoms with E-state index >= 15 is 0 Å². The fourth-order valence-corrected chi connectivity index (χ4v) is 3.20. The number of aliphatic carboxylic acids is 1. The highest BCUT2D eigenvalue weighted by molar-refractivity contribution is 5.83. The SMILES string of the molecule is CC1CCNC(C(=O)NCC2(C(=O)O)CCCC2)C1. The van der Waals surface area contributed by atoms with Crippen molar-refractivity contribution in [2.24, 2.45) is 11.3 Å². The molecule has 5 heteroatoms. The largest absolute Gasteiger partial charge is 0.481 e. The Hall–Kier alpha value is -1.10. The van der Waals surface area contributed by atoms with Crippen molar-refractivity contribution in [3.8, 4) is 0 Å². The highest BCUT2D eigenvalue weighted by atomic mass is 16.4. The van der Waals surface area contributed by atoms with Gasteiger partial charge >= 0.3 is 5.97 Å². The summed E-state index contributed by atoms with van der Waals surface area (Å²) in [6.45, 7) is 3.29. The van der Waals surface area contributed by atoms with Gasteiger partial charge in [0.05, 0.1) is 11.5 Å². The molecule has 2 unspecified atom stereocenters. The lowest BCUT2D eigenvalue weighted by molar-refractivity contribution is -0.148. The Balaban J connectivity index is 1.87. The van der Waals surface area contributed by atoms with Crippen molar-refractivity contribution in [2.75, 3.05) is 13.1 Å². The van der Waals surface area contributed by atoms with Gasteiger partial charge in [0.2, 0.25) is 5.91 Å². The van der Waals surface area contributed by atoms with Crippen LogP contribution in [0.4, 0.5) is 0 Å². The molecule has 3 N–H and O–H groups in total. The third kappa shape index (κ3) is 3.26. The zero-order valence-corrected chi connectivity index (χ0v) is 11.6. The maximum Gasteiger partial charge on any atom is 0.311 e. The van der Waals surface area contributed by atoms with Gasteiger partial charge in [-0.1, -0.05) is 19.8 Å². The molecule has 2 fully saturated rings. The molecule has 0 radical (unpaired) electrons. The van der Waals surface area contributed by atoms with Crippen molar-refractivity contribution < 1.29 is 14.7 Å². The van der Waals surface area contributed by atoms with Crippen molar-refractivity contribution in [3.63, 3.8) is 0 Å². The zero-order chi connectivity index (χ0) is 13.9. The summed E-state index contributed by atoms with van der Waals surface area (Å²) < 4.78 is 0. The average molecular weight is 268 g/mol. The normalized spacial score (nSPS) is 29.9. The Morgan fingerprint density at radius 1 is 1.37 bits per heavy atom. The van der Waals surface area contributed by atoms with Crippen LogP contribution >= 0.6 is 0 Å². The van der Waals surface area contributed by atoms with Crippen LogP contribution in [0.5, 0.6) is 0 Å². The van der Waals surface area contributed by atoms with Crippen LogP contribution in [0.15, 0.2) is 0 Å². The topological polar surface area (TPSA) is 78.4 Å². The molecule has 108 valence electrons. The van der Waals surface area contributed by atoms with E-state index in [1.165, 1.54) is 0 Å². The summed E-state index contributed by atoms with van der Waals surface area (Å²) in [7, 11) is 0. The lowest BCUT2D eigenvalue weighted by Crippen LogP contribution is -2.51. The number of amides is 1. The molecule has 1 saturated heterocycles.